The molecule has 0 bridgehead atoms. The van der Waals surface area contributed by atoms with Crippen LogP contribution < -0.4 is 0 Å². The number of rotatable bonds is 12. The molecule has 2 aromatic carbocycles. The number of thioether (sulfide) groups is 2. The van der Waals surface area contributed by atoms with E-state index in [2.05, 4.69) is 101 Å². The SMILES string of the molecule is C=C(C)C(=O)OCCSc1c(Br)cc(Cc2cc(Br)c(SCCOC(=O)C(=C)C)c(Br)c2)cc1Br. The molecule has 0 amide bonds. The minimum atomic E-state index is -0.368. The summed E-state index contributed by atoms with van der Waals surface area (Å²) in [4.78, 5) is 25.1. The van der Waals surface area contributed by atoms with Gasteiger partial charge in [-0.1, -0.05) is 13.2 Å². The van der Waals surface area contributed by atoms with Crippen LogP contribution in [0.5, 0.6) is 0 Å². The van der Waals surface area contributed by atoms with Crippen molar-refractivity contribution in [2.24, 2.45) is 0 Å². The monoisotopic (exact) mass is 768 g/mol. The molecule has 0 fully saturated rings. The number of esters is 2. The van der Waals surface area contributed by atoms with Crippen molar-refractivity contribution < 1.29 is 19.1 Å². The molecule has 0 aliphatic rings. The first kappa shape index (κ1) is 30.7. The number of carbonyl (C=O) groups is 2. The molecule has 10 heteroatoms. The van der Waals surface area contributed by atoms with Crippen molar-refractivity contribution in [3.05, 3.63) is 77.6 Å². The predicted octanol–water partition coefficient (Wildman–Crippen LogP) is 8.75. The highest BCUT2D eigenvalue weighted by molar-refractivity contribution is 9.11. The van der Waals surface area contributed by atoms with Crippen LogP contribution in [-0.2, 0) is 25.5 Å². The third-order valence-corrected chi connectivity index (χ3v) is 10.1. The van der Waals surface area contributed by atoms with E-state index in [0.29, 0.717) is 35.9 Å². The van der Waals surface area contributed by atoms with Gasteiger partial charge in [-0.15, -0.1) is 23.5 Å². The van der Waals surface area contributed by atoms with Gasteiger partial charge in [0.15, 0.2) is 0 Å². The van der Waals surface area contributed by atoms with Gasteiger partial charge >= 0.3 is 11.9 Å². The Labute approximate surface area is 248 Å². The maximum Gasteiger partial charge on any atom is 0.333 e. The number of hydrogen-bond acceptors (Lipinski definition) is 6. The lowest BCUT2D eigenvalue weighted by Gasteiger charge is -2.13. The van der Waals surface area contributed by atoms with E-state index >= 15 is 0 Å². The Morgan fingerprint density at radius 2 is 1.03 bits per heavy atom. The Balaban J connectivity index is 1.99. The second kappa shape index (κ2) is 15.0. The van der Waals surface area contributed by atoms with Gasteiger partial charge in [0.05, 0.1) is 0 Å². The molecule has 2 aromatic rings. The van der Waals surface area contributed by atoms with Crippen LogP contribution in [0, 0.1) is 0 Å². The number of hydrogen-bond donors (Lipinski definition) is 0. The van der Waals surface area contributed by atoms with Crippen molar-refractivity contribution in [2.45, 2.75) is 30.1 Å². The van der Waals surface area contributed by atoms with Gasteiger partial charge in [0.25, 0.3) is 0 Å². The molecule has 0 unspecified atom stereocenters. The highest BCUT2D eigenvalue weighted by Crippen LogP contribution is 2.38. The molecule has 0 aromatic heterocycles. The lowest BCUT2D eigenvalue weighted by Crippen LogP contribution is -2.07. The maximum absolute atomic E-state index is 11.5. The van der Waals surface area contributed by atoms with Gasteiger partial charge in [-0.2, -0.15) is 0 Å². The van der Waals surface area contributed by atoms with Gasteiger partial charge in [0.2, 0.25) is 0 Å². The minimum absolute atomic E-state index is 0.319. The zero-order valence-corrected chi connectivity index (χ0v) is 27.2. The van der Waals surface area contributed by atoms with Gasteiger partial charge in [0, 0.05) is 50.3 Å². The summed E-state index contributed by atoms with van der Waals surface area (Å²) in [7, 11) is 0. The largest absolute Gasteiger partial charge is 0.461 e. The number of halogens is 4. The molecule has 0 saturated heterocycles. The Morgan fingerprint density at radius 1 is 0.714 bits per heavy atom. The molecule has 4 nitrogen and oxygen atoms in total. The molecule has 0 aliphatic carbocycles. The average molecular weight is 772 g/mol. The van der Waals surface area contributed by atoms with Crippen molar-refractivity contribution >= 4 is 99.2 Å². The summed E-state index contributed by atoms with van der Waals surface area (Å²) in [6.07, 6.45) is 0.747. The number of carbonyl (C=O) groups excluding carboxylic acids is 2. The first-order valence-electron chi connectivity index (χ1n) is 10.4. The normalized spacial score (nSPS) is 10.7. The molecule has 0 radical (unpaired) electrons. The highest BCUT2D eigenvalue weighted by Gasteiger charge is 2.13. The lowest BCUT2D eigenvalue weighted by atomic mass is 10.1. The zero-order valence-electron chi connectivity index (χ0n) is 19.2. The Bertz CT molecular complexity index is 1000. The Morgan fingerprint density at radius 3 is 1.31 bits per heavy atom. The van der Waals surface area contributed by atoms with Crippen LogP contribution in [0.1, 0.15) is 25.0 Å². The van der Waals surface area contributed by atoms with Gasteiger partial charge < -0.3 is 9.47 Å². The second-order valence-electron chi connectivity index (χ2n) is 7.48. The Kier molecular flexibility index (Phi) is 13.2. The molecule has 0 spiro atoms. The van der Waals surface area contributed by atoms with Crippen LogP contribution in [0.3, 0.4) is 0 Å². The maximum atomic E-state index is 11.5. The fourth-order valence-electron chi connectivity index (χ4n) is 2.74. The summed E-state index contributed by atoms with van der Waals surface area (Å²) >= 11 is 17.9. The molecular weight excluding hydrogens is 748 g/mol. The van der Waals surface area contributed by atoms with Crippen molar-refractivity contribution in [1.29, 1.82) is 0 Å². The smallest absolute Gasteiger partial charge is 0.333 e. The van der Waals surface area contributed by atoms with Gasteiger partial charge in [-0.25, -0.2) is 9.59 Å². The van der Waals surface area contributed by atoms with Gasteiger partial charge in [-0.3, -0.25) is 0 Å². The van der Waals surface area contributed by atoms with E-state index in [0.717, 1.165) is 45.2 Å². The molecular formula is C25H24Br4O4S2. The zero-order chi connectivity index (χ0) is 26.1. The van der Waals surface area contributed by atoms with Crippen molar-refractivity contribution in [3.63, 3.8) is 0 Å². The third kappa shape index (κ3) is 10.0. The van der Waals surface area contributed by atoms with E-state index in [1.165, 1.54) is 0 Å². The van der Waals surface area contributed by atoms with E-state index in [1.54, 1.807) is 37.4 Å². The second-order valence-corrected chi connectivity index (χ2v) is 13.1. The number of benzene rings is 2. The Hall–Kier alpha value is -0.520. The van der Waals surface area contributed by atoms with Crippen molar-refractivity contribution in [1.82, 2.24) is 0 Å². The standard InChI is InChI=1S/C25H24Br4O4S2/c1-14(2)24(30)32-5-7-34-22-18(26)10-16(11-19(22)27)9-17-12-20(28)23(21(29)13-17)35-8-6-33-25(31)15(3)4/h10-13H,1,3,5-9H2,2,4H3. The summed E-state index contributed by atoms with van der Waals surface area (Å²) in [6, 6.07) is 8.42. The van der Waals surface area contributed by atoms with Crippen molar-refractivity contribution in [3.8, 4) is 0 Å². The number of ether oxygens (including phenoxy) is 2. The quantitative estimate of drug-likeness (QED) is 0.0932. The van der Waals surface area contributed by atoms with Crippen LogP contribution in [0.2, 0.25) is 0 Å². The first-order chi connectivity index (χ1) is 16.5. The molecule has 188 valence electrons. The van der Waals surface area contributed by atoms with Crippen LogP contribution in [0.15, 0.2) is 76.3 Å². The topological polar surface area (TPSA) is 52.6 Å². The summed E-state index contributed by atoms with van der Waals surface area (Å²) in [5.74, 6) is 0.543. The van der Waals surface area contributed by atoms with Crippen molar-refractivity contribution in [2.75, 3.05) is 24.7 Å². The predicted molar refractivity (Wildman–Crippen MR) is 159 cm³/mol. The molecule has 0 aliphatic heterocycles. The first-order valence-corrected chi connectivity index (χ1v) is 15.5. The van der Waals surface area contributed by atoms with E-state index in [9.17, 15) is 9.59 Å². The average Bonchev–Trinajstić information content (AvgIpc) is 2.76. The molecule has 0 atom stereocenters. The van der Waals surface area contributed by atoms with E-state index in [-0.39, 0.29) is 11.9 Å². The van der Waals surface area contributed by atoms with E-state index in [4.69, 9.17) is 9.47 Å². The summed E-state index contributed by atoms with van der Waals surface area (Å²) in [5.41, 5.74) is 3.09. The molecule has 2 rings (SSSR count). The van der Waals surface area contributed by atoms with Crippen LogP contribution in [0.25, 0.3) is 0 Å². The third-order valence-electron chi connectivity index (χ3n) is 4.35. The summed E-state index contributed by atoms with van der Waals surface area (Å²) < 4.78 is 14.2. The molecule has 35 heavy (non-hydrogen) atoms. The van der Waals surface area contributed by atoms with E-state index in [1.807, 2.05) is 0 Å². The molecule has 0 saturated carbocycles. The molecule has 0 N–H and O–H groups in total. The highest BCUT2D eigenvalue weighted by atomic mass is 79.9. The van der Waals surface area contributed by atoms with Gasteiger partial charge in [0.1, 0.15) is 13.2 Å². The molecule has 0 heterocycles. The fourth-order valence-corrected chi connectivity index (χ4v) is 8.21. The fraction of sp³-hybridized carbons (Fsp3) is 0.280. The van der Waals surface area contributed by atoms with Crippen LogP contribution >= 0.6 is 87.2 Å². The van der Waals surface area contributed by atoms with E-state index < -0.39 is 0 Å². The summed E-state index contributed by atoms with van der Waals surface area (Å²) in [5, 5.41) is 0. The van der Waals surface area contributed by atoms with Gasteiger partial charge in [-0.05, 0) is 119 Å². The van der Waals surface area contributed by atoms with Crippen LogP contribution in [0.4, 0.5) is 0 Å². The van der Waals surface area contributed by atoms with Crippen LogP contribution in [-0.4, -0.2) is 36.7 Å². The summed E-state index contributed by atoms with van der Waals surface area (Å²) in [6.45, 7) is 11.1. The minimum Gasteiger partial charge on any atom is -0.461 e. The lowest BCUT2D eigenvalue weighted by molar-refractivity contribution is -0.139.